The maximum atomic E-state index is 5.77. The molecule has 0 fully saturated rings. The van der Waals surface area contributed by atoms with Gasteiger partial charge in [0, 0.05) is 6.42 Å². The molecule has 0 saturated heterocycles. The van der Waals surface area contributed by atoms with Crippen LogP contribution in [0.3, 0.4) is 0 Å². The molecule has 15 heavy (non-hydrogen) atoms. The predicted octanol–water partition coefficient (Wildman–Crippen LogP) is 1.67. The highest BCUT2D eigenvalue weighted by atomic mass is 15.0. The van der Waals surface area contributed by atoms with Crippen molar-refractivity contribution in [3.05, 3.63) is 12.2 Å². The molecule has 2 aromatic rings. The van der Waals surface area contributed by atoms with Gasteiger partial charge in [0.05, 0.1) is 6.33 Å². The molecule has 0 aliphatic rings. The number of nitrogens with zero attached hydrogens (tertiary/aromatic N) is 3. The molecule has 0 amide bonds. The first-order valence-electron chi connectivity index (χ1n) is 5.26. The van der Waals surface area contributed by atoms with Crippen molar-refractivity contribution in [1.29, 1.82) is 0 Å². The number of nitrogens with two attached hydrogens (primary N) is 1. The summed E-state index contributed by atoms with van der Waals surface area (Å²) >= 11 is 0. The lowest BCUT2D eigenvalue weighted by Crippen LogP contribution is -2.01. The van der Waals surface area contributed by atoms with Crippen molar-refractivity contribution in [3.63, 3.8) is 0 Å². The molecule has 0 aromatic carbocycles. The van der Waals surface area contributed by atoms with Crippen LogP contribution in [-0.4, -0.2) is 19.9 Å². The van der Waals surface area contributed by atoms with Gasteiger partial charge in [-0.2, -0.15) is 0 Å². The Morgan fingerprint density at radius 1 is 1.33 bits per heavy atom. The molecule has 3 N–H and O–H groups in total. The summed E-state index contributed by atoms with van der Waals surface area (Å²) in [6.45, 7) is 2.17. The van der Waals surface area contributed by atoms with Gasteiger partial charge in [0.15, 0.2) is 11.5 Å². The molecule has 0 aliphatic carbocycles. The molecule has 0 aliphatic heterocycles. The van der Waals surface area contributed by atoms with Gasteiger partial charge in [-0.25, -0.2) is 15.0 Å². The van der Waals surface area contributed by atoms with Gasteiger partial charge in [-0.05, 0) is 6.42 Å². The minimum atomic E-state index is 0.466. The molecule has 0 radical (unpaired) electrons. The Hall–Kier alpha value is -1.65. The molecular formula is C10H15N5. The van der Waals surface area contributed by atoms with Crippen molar-refractivity contribution < 1.29 is 0 Å². The standard InChI is InChI=1S/C10H15N5/c1-2-3-4-5-7-14-9(11)8-10(15-7)13-6-12-8/h6H,2-5H2,1H3,(H3,11,12,13,14,15). The molecule has 0 atom stereocenters. The van der Waals surface area contributed by atoms with E-state index in [0.717, 1.165) is 24.3 Å². The number of rotatable bonds is 4. The number of nitrogens with one attached hydrogen (secondary N) is 1. The van der Waals surface area contributed by atoms with Crippen LogP contribution in [0.4, 0.5) is 5.82 Å². The minimum Gasteiger partial charge on any atom is -0.382 e. The van der Waals surface area contributed by atoms with Crippen LogP contribution in [0, 0.1) is 0 Å². The van der Waals surface area contributed by atoms with Gasteiger partial charge in [0.1, 0.15) is 11.3 Å². The quantitative estimate of drug-likeness (QED) is 0.744. The molecule has 80 valence electrons. The maximum absolute atomic E-state index is 5.77. The zero-order chi connectivity index (χ0) is 10.7. The Morgan fingerprint density at radius 3 is 3.00 bits per heavy atom. The van der Waals surface area contributed by atoms with Crippen molar-refractivity contribution in [2.24, 2.45) is 0 Å². The van der Waals surface area contributed by atoms with E-state index in [1.807, 2.05) is 0 Å². The van der Waals surface area contributed by atoms with Crippen LogP contribution in [0.5, 0.6) is 0 Å². The van der Waals surface area contributed by atoms with E-state index in [4.69, 9.17) is 5.73 Å². The Balaban J connectivity index is 2.21. The van der Waals surface area contributed by atoms with E-state index < -0.39 is 0 Å². The lowest BCUT2D eigenvalue weighted by Gasteiger charge is -2.00. The first-order valence-corrected chi connectivity index (χ1v) is 5.26. The predicted molar refractivity (Wildman–Crippen MR) is 59.3 cm³/mol. The Kier molecular flexibility index (Phi) is 2.80. The molecule has 2 heterocycles. The van der Waals surface area contributed by atoms with Crippen LogP contribution in [0.25, 0.3) is 11.2 Å². The molecule has 2 rings (SSSR count). The fourth-order valence-corrected chi connectivity index (χ4v) is 1.55. The highest BCUT2D eigenvalue weighted by molar-refractivity contribution is 5.80. The largest absolute Gasteiger partial charge is 0.382 e. The van der Waals surface area contributed by atoms with Crippen molar-refractivity contribution >= 4 is 17.0 Å². The number of anilines is 1. The van der Waals surface area contributed by atoms with E-state index in [-0.39, 0.29) is 0 Å². The number of unbranched alkanes of at least 4 members (excludes halogenated alkanes) is 2. The highest BCUT2D eigenvalue weighted by Crippen LogP contribution is 2.13. The fraction of sp³-hybridized carbons (Fsp3) is 0.500. The zero-order valence-corrected chi connectivity index (χ0v) is 8.82. The van der Waals surface area contributed by atoms with Gasteiger partial charge in [-0.1, -0.05) is 19.8 Å². The third-order valence-electron chi connectivity index (χ3n) is 2.36. The first-order chi connectivity index (χ1) is 7.31. The van der Waals surface area contributed by atoms with E-state index in [9.17, 15) is 0 Å². The molecule has 0 unspecified atom stereocenters. The lowest BCUT2D eigenvalue weighted by molar-refractivity contribution is 0.696. The third kappa shape index (κ3) is 2.06. The summed E-state index contributed by atoms with van der Waals surface area (Å²) in [5.74, 6) is 1.27. The average molecular weight is 205 g/mol. The molecule has 0 spiro atoms. The third-order valence-corrected chi connectivity index (χ3v) is 2.36. The van der Waals surface area contributed by atoms with Crippen molar-refractivity contribution in [2.75, 3.05) is 5.73 Å². The fourth-order valence-electron chi connectivity index (χ4n) is 1.55. The second kappa shape index (κ2) is 4.25. The number of hydrogen-bond acceptors (Lipinski definition) is 4. The van der Waals surface area contributed by atoms with Crippen molar-refractivity contribution in [3.8, 4) is 0 Å². The maximum Gasteiger partial charge on any atom is 0.163 e. The van der Waals surface area contributed by atoms with E-state index >= 15 is 0 Å². The van der Waals surface area contributed by atoms with E-state index in [0.29, 0.717) is 11.3 Å². The zero-order valence-electron chi connectivity index (χ0n) is 8.82. The molecular weight excluding hydrogens is 190 g/mol. The lowest BCUT2D eigenvalue weighted by atomic mass is 10.2. The monoisotopic (exact) mass is 205 g/mol. The van der Waals surface area contributed by atoms with Gasteiger partial charge in [-0.3, -0.25) is 0 Å². The summed E-state index contributed by atoms with van der Waals surface area (Å²) in [7, 11) is 0. The van der Waals surface area contributed by atoms with Crippen LogP contribution in [-0.2, 0) is 6.42 Å². The van der Waals surface area contributed by atoms with E-state index in [1.54, 1.807) is 6.33 Å². The van der Waals surface area contributed by atoms with Crippen LogP contribution in [0.1, 0.15) is 32.0 Å². The van der Waals surface area contributed by atoms with Gasteiger partial charge in [0.25, 0.3) is 0 Å². The Morgan fingerprint density at radius 2 is 2.20 bits per heavy atom. The highest BCUT2D eigenvalue weighted by Gasteiger charge is 2.06. The van der Waals surface area contributed by atoms with Crippen LogP contribution < -0.4 is 5.73 Å². The molecule has 2 aromatic heterocycles. The van der Waals surface area contributed by atoms with Crippen molar-refractivity contribution in [1.82, 2.24) is 19.9 Å². The molecule has 5 heteroatoms. The number of hydrogen-bond donors (Lipinski definition) is 2. The van der Waals surface area contributed by atoms with Crippen LogP contribution in [0.2, 0.25) is 0 Å². The summed E-state index contributed by atoms with van der Waals surface area (Å²) in [4.78, 5) is 15.6. The number of aryl methyl sites for hydroxylation is 1. The van der Waals surface area contributed by atoms with Gasteiger partial charge in [-0.15, -0.1) is 0 Å². The number of fused-ring (bicyclic) bond motifs is 1. The van der Waals surface area contributed by atoms with Crippen LogP contribution in [0.15, 0.2) is 6.33 Å². The average Bonchev–Trinajstić information content (AvgIpc) is 2.66. The summed E-state index contributed by atoms with van der Waals surface area (Å²) in [6.07, 6.45) is 5.97. The van der Waals surface area contributed by atoms with Crippen molar-refractivity contribution in [2.45, 2.75) is 32.6 Å². The minimum absolute atomic E-state index is 0.466. The van der Waals surface area contributed by atoms with E-state index in [2.05, 4.69) is 26.9 Å². The summed E-state index contributed by atoms with van der Waals surface area (Å²) in [6, 6.07) is 0. The van der Waals surface area contributed by atoms with E-state index in [1.165, 1.54) is 12.8 Å². The Labute approximate surface area is 88.1 Å². The molecule has 0 bridgehead atoms. The Bertz CT molecular complexity index is 448. The SMILES string of the molecule is CCCCCc1nc(N)c2nc[nH]c2n1. The topological polar surface area (TPSA) is 80.5 Å². The van der Waals surface area contributed by atoms with Gasteiger partial charge >= 0.3 is 0 Å². The number of nitrogen functional groups attached to an aromatic ring is 1. The second-order valence-corrected chi connectivity index (χ2v) is 3.58. The molecule has 0 saturated carbocycles. The summed E-state index contributed by atoms with van der Waals surface area (Å²) < 4.78 is 0. The number of H-pyrrole nitrogens is 1. The molecule has 5 nitrogen and oxygen atoms in total. The smallest absolute Gasteiger partial charge is 0.163 e. The summed E-state index contributed by atoms with van der Waals surface area (Å²) in [5.41, 5.74) is 7.16. The number of aromatic nitrogens is 4. The van der Waals surface area contributed by atoms with Crippen LogP contribution >= 0.6 is 0 Å². The number of imidazole rings is 1. The normalized spacial score (nSPS) is 11.0. The number of aromatic amines is 1. The summed E-state index contributed by atoms with van der Waals surface area (Å²) in [5, 5.41) is 0. The van der Waals surface area contributed by atoms with Gasteiger partial charge in [0.2, 0.25) is 0 Å². The second-order valence-electron chi connectivity index (χ2n) is 3.58. The van der Waals surface area contributed by atoms with Gasteiger partial charge < -0.3 is 10.7 Å². The first kappa shape index (κ1) is 9.89.